The van der Waals surface area contributed by atoms with Crippen LogP contribution in [0.5, 0.6) is 0 Å². The average molecular weight is 339 g/mol. The van der Waals surface area contributed by atoms with Gasteiger partial charge in [0, 0.05) is 0 Å². The Balaban J connectivity index is 6.80. The topological polar surface area (TPSA) is 0 Å². The first-order valence-electron chi connectivity index (χ1n) is 10.5. The Morgan fingerprint density at radius 2 is 0.833 bits per heavy atom. The molecule has 0 rings (SSSR count). The van der Waals surface area contributed by atoms with Crippen LogP contribution >= 0.6 is 0 Å². The van der Waals surface area contributed by atoms with Crippen molar-refractivity contribution in [3.8, 4) is 0 Å². The lowest BCUT2D eigenvalue weighted by Gasteiger charge is -2.69. The smallest absolute Gasteiger partial charge is 0.0187 e. The zero-order chi connectivity index (χ0) is 19.8. The summed E-state index contributed by atoms with van der Waals surface area (Å²) < 4.78 is 0. The number of hydrogen-bond donors (Lipinski definition) is 0. The molecule has 0 saturated carbocycles. The van der Waals surface area contributed by atoms with Crippen molar-refractivity contribution in [2.24, 2.45) is 32.5 Å². The van der Waals surface area contributed by atoms with Crippen molar-refractivity contribution in [1.82, 2.24) is 0 Å². The van der Waals surface area contributed by atoms with Crippen molar-refractivity contribution in [3.63, 3.8) is 0 Å². The van der Waals surface area contributed by atoms with Crippen molar-refractivity contribution < 1.29 is 0 Å². The third-order valence-electron chi connectivity index (χ3n) is 10.00. The summed E-state index contributed by atoms with van der Waals surface area (Å²) in [6.45, 7) is 34.8. The first kappa shape index (κ1) is 24.0. The molecule has 0 saturated heterocycles. The van der Waals surface area contributed by atoms with E-state index >= 15 is 0 Å². The maximum Gasteiger partial charge on any atom is -0.0187 e. The third kappa shape index (κ3) is 2.99. The van der Waals surface area contributed by atoms with Crippen LogP contribution in [0.3, 0.4) is 0 Å². The van der Waals surface area contributed by atoms with Crippen LogP contribution in [-0.4, -0.2) is 0 Å². The van der Waals surface area contributed by atoms with Gasteiger partial charge in [-0.1, -0.05) is 103 Å². The summed E-state index contributed by atoms with van der Waals surface area (Å²) in [6.07, 6.45) is 4.97. The van der Waals surface area contributed by atoms with E-state index in [4.69, 9.17) is 0 Å². The lowest BCUT2D eigenvalue weighted by atomic mass is 9.36. The summed E-state index contributed by atoms with van der Waals surface area (Å²) in [5.74, 6) is 0. The van der Waals surface area contributed by atoms with Gasteiger partial charge in [-0.25, -0.2) is 0 Å². The monoisotopic (exact) mass is 338 g/mol. The van der Waals surface area contributed by atoms with E-state index in [1.165, 1.54) is 25.7 Å². The Kier molecular flexibility index (Phi) is 6.96. The van der Waals surface area contributed by atoms with E-state index in [0.29, 0.717) is 10.8 Å². The molecule has 0 N–H and O–H groups in total. The molecule has 0 aromatic carbocycles. The molecule has 0 nitrogen and oxygen atoms in total. The second kappa shape index (κ2) is 6.96. The van der Waals surface area contributed by atoms with E-state index < -0.39 is 0 Å². The summed E-state index contributed by atoms with van der Waals surface area (Å²) in [6, 6.07) is 0. The van der Waals surface area contributed by atoms with Gasteiger partial charge in [0.1, 0.15) is 0 Å². The Morgan fingerprint density at radius 1 is 0.458 bits per heavy atom. The molecule has 0 spiro atoms. The molecule has 0 aliphatic rings. The van der Waals surface area contributed by atoms with Crippen molar-refractivity contribution in [2.75, 3.05) is 0 Å². The van der Waals surface area contributed by atoms with Gasteiger partial charge in [0.05, 0.1) is 0 Å². The molecule has 0 amide bonds. The Morgan fingerprint density at radius 3 is 1.04 bits per heavy atom. The van der Waals surface area contributed by atoms with E-state index in [1.807, 2.05) is 0 Å². The second-order valence-electron chi connectivity index (χ2n) is 11.2. The molecule has 0 heterocycles. The highest BCUT2D eigenvalue weighted by molar-refractivity contribution is 5.12. The van der Waals surface area contributed by atoms with Gasteiger partial charge < -0.3 is 0 Å². The Labute approximate surface area is 155 Å². The van der Waals surface area contributed by atoms with Gasteiger partial charge in [-0.3, -0.25) is 0 Å². The fourth-order valence-electron chi connectivity index (χ4n) is 5.89. The minimum absolute atomic E-state index is 0.259. The van der Waals surface area contributed by atoms with Crippen LogP contribution in [0.1, 0.15) is 123 Å². The maximum absolute atomic E-state index is 2.62. The molecule has 0 aromatic heterocycles. The molecule has 0 fully saturated rings. The van der Waals surface area contributed by atoms with Gasteiger partial charge in [-0.05, 0) is 51.8 Å². The third-order valence-corrected chi connectivity index (χ3v) is 10.00. The van der Waals surface area contributed by atoms with Crippen molar-refractivity contribution in [2.45, 2.75) is 123 Å². The zero-order valence-corrected chi connectivity index (χ0v) is 19.8. The lowest BCUT2D eigenvalue weighted by Crippen LogP contribution is -2.62. The summed E-state index contributed by atoms with van der Waals surface area (Å²) in [4.78, 5) is 0. The van der Waals surface area contributed by atoms with Crippen LogP contribution < -0.4 is 0 Å². The molecular weight excluding hydrogens is 288 g/mol. The first-order chi connectivity index (χ1) is 10.5. The summed E-state index contributed by atoms with van der Waals surface area (Å²) in [5, 5.41) is 0. The Bertz CT molecular complexity index is 398. The van der Waals surface area contributed by atoms with Gasteiger partial charge in [0.2, 0.25) is 0 Å². The summed E-state index contributed by atoms with van der Waals surface area (Å²) >= 11 is 0. The van der Waals surface area contributed by atoms with Crippen molar-refractivity contribution in [3.05, 3.63) is 0 Å². The van der Waals surface area contributed by atoms with E-state index in [2.05, 4.69) is 96.9 Å². The van der Waals surface area contributed by atoms with Crippen molar-refractivity contribution in [1.29, 1.82) is 0 Å². The second-order valence-corrected chi connectivity index (χ2v) is 11.2. The highest BCUT2D eigenvalue weighted by Crippen LogP contribution is 2.71. The largest absolute Gasteiger partial charge is 0.0649 e. The molecule has 0 aromatic rings. The Hall–Kier alpha value is 0. The SMILES string of the molecule is CCC(C)(C)C(C)(C)C(C)(CC)C(CC)(CC)C(C)(C)C(C)(C)C. The van der Waals surface area contributed by atoms with Gasteiger partial charge in [-0.2, -0.15) is 0 Å². The molecule has 0 aliphatic carbocycles. The highest BCUT2D eigenvalue weighted by atomic mass is 14.7. The van der Waals surface area contributed by atoms with Gasteiger partial charge in [-0.15, -0.1) is 0 Å². The van der Waals surface area contributed by atoms with Gasteiger partial charge in [0.15, 0.2) is 0 Å². The van der Waals surface area contributed by atoms with Crippen LogP contribution in [0, 0.1) is 32.5 Å². The molecule has 0 aliphatic heterocycles. The van der Waals surface area contributed by atoms with E-state index in [9.17, 15) is 0 Å². The molecule has 1 unspecified atom stereocenters. The van der Waals surface area contributed by atoms with Gasteiger partial charge >= 0.3 is 0 Å². The molecule has 146 valence electrons. The zero-order valence-electron chi connectivity index (χ0n) is 19.8. The summed E-state index contributed by atoms with van der Waals surface area (Å²) in [5.41, 5.74) is 1.71. The number of rotatable bonds is 8. The highest BCUT2D eigenvalue weighted by Gasteiger charge is 2.64. The van der Waals surface area contributed by atoms with Crippen LogP contribution in [-0.2, 0) is 0 Å². The van der Waals surface area contributed by atoms with Gasteiger partial charge in [0.25, 0.3) is 0 Å². The fraction of sp³-hybridized carbons (Fsp3) is 1.00. The van der Waals surface area contributed by atoms with E-state index in [-0.39, 0.29) is 21.7 Å². The standard InChI is InChI=1S/C24H50/c1-15-20(8,9)22(12,13)23(14,16-2)24(17-3,18-4)21(10,11)19(5,6)7/h15-18H2,1-14H3. The first-order valence-corrected chi connectivity index (χ1v) is 10.5. The van der Waals surface area contributed by atoms with Crippen molar-refractivity contribution >= 4 is 0 Å². The fourth-order valence-corrected chi connectivity index (χ4v) is 5.89. The molecule has 24 heavy (non-hydrogen) atoms. The van der Waals surface area contributed by atoms with Crippen LogP contribution in [0.25, 0.3) is 0 Å². The summed E-state index contributed by atoms with van der Waals surface area (Å²) in [7, 11) is 0. The predicted molar refractivity (Wildman–Crippen MR) is 113 cm³/mol. The molecule has 0 heteroatoms. The minimum atomic E-state index is 0.259. The number of hydrogen-bond acceptors (Lipinski definition) is 0. The minimum Gasteiger partial charge on any atom is -0.0649 e. The average Bonchev–Trinajstić information content (AvgIpc) is 2.46. The predicted octanol–water partition coefficient (Wildman–Crippen LogP) is 8.74. The van der Waals surface area contributed by atoms with Crippen LogP contribution in [0.4, 0.5) is 0 Å². The van der Waals surface area contributed by atoms with E-state index in [0.717, 1.165) is 0 Å². The van der Waals surface area contributed by atoms with Crippen LogP contribution in [0.2, 0.25) is 0 Å². The molecule has 1 atom stereocenters. The maximum atomic E-state index is 2.62. The van der Waals surface area contributed by atoms with E-state index in [1.54, 1.807) is 0 Å². The molecular formula is C24H50. The van der Waals surface area contributed by atoms with Crippen LogP contribution in [0.15, 0.2) is 0 Å². The molecule has 0 radical (unpaired) electrons. The quantitative estimate of drug-likeness (QED) is 0.415. The molecule has 0 bridgehead atoms. The normalized spacial score (nSPS) is 17.8. The lowest BCUT2D eigenvalue weighted by molar-refractivity contribution is -0.203.